The maximum absolute atomic E-state index is 12.9. The van der Waals surface area contributed by atoms with Gasteiger partial charge in [0.15, 0.2) is 0 Å². The number of hydrazone groups is 1. The molecular weight excluding hydrogens is 318 g/mol. The third kappa shape index (κ3) is 3.12. The molecule has 3 rings (SSSR count). The van der Waals surface area contributed by atoms with Gasteiger partial charge in [-0.1, -0.05) is 66.7 Å². The molecule has 2 aromatic carbocycles. The van der Waals surface area contributed by atoms with Crippen LogP contribution in [0.2, 0.25) is 0 Å². The minimum absolute atomic E-state index is 0.153. The van der Waals surface area contributed by atoms with Crippen molar-refractivity contribution in [2.24, 2.45) is 5.10 Å². The summed E-state index contributed by atoms with van der Waals surface area (Å²) in [5.74, 6) is -0.153. The molecule has 1 aliphatic heterocycles. The molecule has 0 saturated carbocycles. The van der Waals surface area contributed by atoms with Crippen molar-refractivity contribution in [3.05, 3.63) is 84.4 Å². The van der Waals surface area contributed by atoms with Crippen molar-refractivity contribution in [2.75, 3.05) is 6.54 Å². The van der Waals surface area contributed by atoms with E-state index < -0.39 is 6.04 Å². The Labute approximate surface area is 146 Å². The van der Waals surface area contributed by atoms with E-state index in [0.717, 1.165) is 11.1 Å². The molecule has 1 aliphatic rings. The van der Waals surface area contributed by atoms with Crippen LogP contribution in [0.25, 0.3) is 0 Å². The van der Waals surface area contributed by atoms with Gasteiger partial charge in [0.25, 0.3) is 5.91 Å². The number of carbonyl (C=O) groups excluding carboxylic acids is 1. The van der Waals surface area contributed by atoms with Crippen LogP contribution in [0, 0.1) is 0 Å². The van der Waals surface area contributed by atoms with Crippen molar-refractivity contribution in [3.8, 4) is 0 Å². The lowest BCUT2D eigenvalue weighted by atomic mass is 10.1. The monoisotopic (exact) mass is 335 g/mol. The van der Waals surface area contributed by atoms with Crippen molar-refractivity contribution in [2.45, 2.75) is 6.04 Å². The topological polar surface area (TPSA) is 35.9 Å². The lowest BCUT2D eigenvalue weighted by molar-refractivity contribution is -0.128. The van der Waals surface area contributed by atoms with Gasteiger partial charge in [-0.3, -0.25) is 4.79 Å². The summed E-state index contributed by atoms with van der Waals surface area (Å²) in [6.07, 6.45) is 3.38. The minimum Gasteiger partial charge on any atom is -0.327 e. The number of amides is 1. The summed E-state index contributed by atoms with van der Waals surface area (Å²) in [5.41, 5.74) is 1.80. The van der Waals surface area contributed by atoms with Gasteiger partial charge < -0.3 is 4.90 Å². The Morgan fingerprint density at radius 3 is 2.33 bits per heavy atom. The highest BCUT2D eigenvalue weighted by Gasteiger charge is 2.42. The summed E-state index contributed by atoms with van der Waals surface area (Å²) in [6, 6.07) is 18.7. The van der Waals surface area contributed by atoms with Crippen LogP contribution in [0.4, 0.5) is 0 Å². The first-order valence-corrected chi connectivity index (χ1v) is 8.02. The molecule has 1 saturated heterocycles. The van der Waals surface area contributed by atoms with E-state index in [4.69, 9.17) is 12.2 Å². The number of thiocarbonyl (C=S) groups is 1. The fourth-order valence-electron chi connectivity index (χ4n) is 2.63. The first-order chi connectivity index (χ1) is 11.7. The Hall–Kier alpha value is -2.79. The zero-order valence-electron chi connectivity index (χ0n) is 13.1. The number of nitrogens with zero attached hydrogens (tertiary/aromatic N) is 3. The average molecular weight is 335 g/mol. The first kappa shape index (κ1) is 16.1. The smallest absolute Gasteiger partial charge is 0.276 e. The summed E-state index contributed by atoms with van der Waals surface area (Å²) in [4.78, 5) is 14.7. The van der Waals surface area contributed by atoms with Crippen LogP contribution in [0.15, 0.2) is 78.4 Å². The fraction of sp³-hybridized carbons (Fsp3) is 0.105. The minimum atomic E-state index is -0.468. The van der Waals surface area contributed by atoms with Crippen molar-refractivity contribution < 1.29 is 4.79 Å². The van der Waals surface area contributed by atoms with Gasteiger partial charge in [-0.25, -0.2) is 0 Å². The maximum atomic E-state index is 12.9. The van der Waals surface area contributed by atoms with Gasteiger partial charge in [0.05, 0.1) is 6.21 Å². The van der Waals surface area contributed by atoms with Crippen molar-refractivity contribution in [3.63, 3.8) is 0 Å². The van der Waals surface area contributed by atoms with Crippen LogP contribution >= 0.6 is 12.2 Å². The van der Waals surface area contributed by atoms with E-state index in [2.05, 4.69) is 11.7 Å². The van der Waals surface area contributed by atoms with Crippen LogP contribution in [0.1, 0.15) is 17.2 Å². The molecule has 0 bridgehead atoms. The molecular formula is C19H17N3OS. The van der Waals surface area contributed by atoms with Gasteiger partial charge >= 0.3 is 0 Å². The Morgan fingerprint density at radius 1 is 1.08 bits per heavy atom. The van der Waals surface area contributed by atoms with Gasteiger partial charge in [-0.05, 0) is 23.3 Å². The normalized spacial score (nSPS) is 17.8. The molecule has 24 heavy (non-hydrogen) atoms. The van der Waals surface area contributed by atoms with Gasteiger partial charge in [0.1, 0.15) is 6.04 Å². The van der Waals surface area contributed by atoms with Gasteiger partial charge in [-0.2, -0.15) is 10.1 Å². The number of hydrogen-bond acceptors (Lipinski definition) is 3. The third-order valence-corrected chi connectivity index (χ3v) is 4.15. The highest BCUT2D eigenvalue weighted by Crippen LogP contribution is 2.31. The number of carbonyl (C=O) groups is 1. The van der Waals surface area contributed by atoms with Crippen LogP contribution < -0.4 is 0 Å². The van der Waals surface area contributed by atoms with Crippen LogP contribution in [-0.4, -0.2) is 33.7 Å². The zero-order chi connectivity index (χ0) is 16.9. The number of rotatable bonds is 5. The Morgan fingerprint density at radius 2 is 1.71 bits per heavy atom. The van der Waals surface area contributed by atoms with Crippen molar-refractivity contribution in [1.29, 1.82) is 0 Å². The average Bonchev–Trinajstić information content (AvgIpc) is 2.85. The van der Waals surface area contributed by atoms with E-state index in [1.807, 2.05) is 65.6 Å². The lowest BCUT2D eigenvalue weighted by Crippen LogP contribution is -2.30. The number of benzene rings is 2. The molecule has 1 fully saturated rings. The summed E-state index contributed by atoms with van der Waals surface area (Å²) >= 11 is 5.47. The second-order valence-corrected chi connectivity index (χ2v) is 5.71. The van der Waals surface area contributed by atoms with Gasteiger partial charge in [0, 0.05) is 6.54 Å². The van der Waals surface area contributed by atoms with Crippen molar-refractivity contribution >= 4 is 29.5 Å². The largest absolute Gasteiger partial charge is 0.327 e. The van der Waals surface area contributed by atoms with E-state index >= 15 is 0 Å². The second kappa shape index (κ2) is 7.19. The highest BCUT2D eigenvalue weighted by molar-refractivity contribution is 7.80. The van der Waals surface area contributed by atoms with E-state index in [0.29, 0.717) is 11.7 Å². The molecule has 1 amide bonds. The molecule has 2 aromatic rings. The highest BCUT2D eigenvalue weighted by atomic mass is 32.1. The molecule has 1 atom stereocenters. The van der Waals surface area contributed by atoms with Crippen LogP contribution in [0.5, 0.6) is 0 Å². The van der Waals surface area contributed by atoms with Crippen LogP contribution in [0.3, 0.4) is 0 Å². The molecule has 0 radical (unpaired) electrons. The Bertz CT molecular complexity index is 774. The molecule has 5 heteroatoms. The lowest BCUT2D eigenvalue weighted by Gasteiger charge is -2.21. The number of hydrogen-bond donors (Lipinski definition) is 0. The maximum Gasteiger partial charge on any atom is 0.276 e. The van der Waals surface area contributed by atoms with Gasteiger partial charge in [0.2, 0.25) is 5.11 Å². The van der Waals surface area contributed by atoms with Crippen molar-refractivity contribution in [1.82, 2.24) is 9.91 Å². The third-order valence-electron chi connectivity index (χ3n) is 3.74. The summed E-state index contributed by atoms with van der Waals surface area (Å²) in [5, 5.41) is 5.99. The van der Waals surface area contributed by atoms with Gasteiger partial charge in [-0.15, -0.1) is 6.58 Å². The summed E-state index contributed by atoms with van der Waals surface area (Å²) in [6.45, 7) is 4.25. The predicted molar refractivity (Wildman–Crippen MR) is 99.6 cm³/mol. The molecule has 0 spiro atoms. The SMILES string of the molecule is C=CCN1C(=S)N(N=Cc2ccccc2)C(=O)C1c1ccccc1. The standard InChI is InChI=1S/C19H17N3OS/c1-2-13-21-17(16-11-7-4-8-12-16)18(23)22(19(21)24)20-14-15-9-5-3-6-10-15/h2-12,14,17H,1,13H2. The first-order valence-electron chi connectivity index (χ1n) is 7.62. The molecule has 1 unspecified atom stereocenters. The van der Waals surface area contributed by atoms with Crippen LogP contribution in [-0.2, 0) is 4.79 Å². The summed E-state index contributed by atoms with van der Waals surface area (Å²) < 4.78 is 0. The molecule has 0 N–H and O–H groups in total. The summed E-state index contributed by atoms with van der Waals surface area (Å²) in [7, 11) is 0. The van der Waals surface area contributed by atoms with E-state index in [9.17, 15) is 4.79 Å². The van der Waals surface area contributed by atoms with E-state index in [1.54, 1.807) is 12.3 Å². The van der Waals surface area contributed by atoms with E-state index in [1.165, 1.54) is 5.01 Å². The van der Waals surface area contributed by atoms with E-state index in [-0.39, 0.29) is 5.91 Å². The molecule has 1 heterocycles. The quantitative estimate of drug-likeness (QED) is 0.477. The molecule has 120 valence electrons. The fourth-order valence-corrected chi connectivity index (χ4v) is 2.94. The molecule has 0 aromatic heterocycles. The molecule has 4 nitrogen and oxygen atoms in total. The second-order valence-electron chi connectivity index (χ2n) is 5.34. The molecule has 0 aliphatic carbocycles. The Kier molecular flexibility index (Phi) is 4.82. The predicted octanol–water partition coefficient (Wildman–Crippen LogP) is 3.38. The zero-order valence-corrected chi connectivity index (χ0v) is 13.9. The Balaban J connectivity index is 1.91.